The predicted octanol–water partition coefficient (Wildman–Crippen LogP) is 6.34. The molecule has 2 heterocycles. The van der Waals surface area contributed by atoms with E-state index in [1.807, 2.05) is 20.8 Å². The highest BCUT2D eigenvalue weighted by atomic mass is 35.5. The standard InChI is InChI=1S/C28H32Cl2N4O6/c1-28(2,3)10-22(39-27(31)36)24-23(25(35)33-11-17-18(29)12-32-13-19(17)30)34-26(40-24)16-7-8-20(37-4)21(9-16)38-14-15-5-6-15/h7-9,12-13,15,22H,5-6,10-11,14H2,1-4H3,(H2,31,36)(H,33,35)/t22-/m0/s1. The Morgan fingerprint density at radius 2 is 1.88 bits per heavy atom. The number of methoxy groups -OCH3 is 1. The molecule has 1 aliphatic rings. The second-order valence-electron chi connectivity index (χ2n) is 10.8. The number of aromatic nitrogens is 2. The first kappa shape index (κ1) is 29.5. The monoisotopic (exact) mass is 590 g/mol. The van der Waals surface area contributed by atoms with Crippen molar-refractivity contribution >= 4 is 35.2 Å². The summed E-state index contributed by atoms with van der Waals surface area (Å²) in [6.45, 7) is 6.46. The van der Waals surface area contributed by atoms with Crippen LogP contribution in [0.1, 0.15) is 67.9 Å². The number of carbonyl (C=O) groups is 2. The van der Waals surface area contributed by atoms with Crippen molar-refractivity contribution in [3.8, 4) is 23.0 Å². The van der Waals surface area contributed by atoms with Gasteiger partial charge in [0.15, 0.2) is 29.1 Å². The fraction of sp³-hybridized carbons (Fsp3) is 0.429. The molecule has 2 aromatic heterocycles. The van der Waals surface area contributed by atoms with Gasteiger partial charge in [-0.15, -0.1) is 0 Å². The third-order valence-electron chi connectivity index (χ3n) is 6.18. The number of oxazole rings is 1. The van der Waals surface area contributed by atoms with Crippen molar-refractivity contribution in [2.45, 2.75) is 52.7 Å². The Morgan fingerprint density at radius 1 is 1.18 bits per heavy atom. The van der Waals surface area contributed by atoms with Gasteiger partial charge >= 0.3 is 6.09 Å². The maximum Gasteiger partial charge on any atom is 0.405 e. The van der Waals surface area contributed by atoms with Crippen LogP contribution in [0, 0.1) is 11.3 Å². The van der Waals surface area contributed by atoms with Gasteiger partial charge in [-0.2, -0.15) is 0 Å². The summed E-state index contributed by atoms with van der Waals surface area (Å²) in [7, 11) is 1.56. The van der Waals surface area contributed by atoms with Crippen molar-refractivity contribution in [2.24, 2.45) is 17.1 Å². The highest BCUT2D eigenvalue weighted by molar-refractivity contribution is 6.35. The van der Waals surface area contributed by atoms with Gasteiger partial charge < -0.3 is 29.7 Å². The van der Waals surface area contributed by atoms with Crippen LogP contribution in [0.15, 0.2) is 35.0 Å². The van der Waals surface area contributed by atoms with Gasteiger partial charge in [-0.05, 0) is 48.8 Å². The normalized spacial score (nSPS) is 13.9. The summed E-state index contributed by atoms with van der Waals surface area (Å²) in [4.78, 5) is 33.7. The van der Waals surface area contributed by atoms with Crippen LogP contribution in [-0.2, 0) is 11.3 Å². The molecule has 1 aliphatic carbocycles. The van der Waals surface area contributed by atoms with Gasteiger partial charge in [0.25, 0.3) is 5.91 Å². The van der Waals surface area contributed by atoms with Gasteiger partial charge in [0.05, 0.1) is 23.8 Å². The first-order chi connectivity index (χ1) is 18.9. The highest BCUT2D eigenvalue weighted by Crippen LogP contribution is 2.39. The molecule has 3 aromatic rings. The summed E-state index contributed by atoms with van der Waals surface area (Å²) in [5, 5.41) is 3.37. The topological polar surface area (TPSA) is 139 Å². The molecule has 1 atom stereocenters. The van der Waals surface area contributed by atoms with E-state index in [0.29, 0.717) is 51.6 Å². The Kier molecular flexibility index (Phi) is 9.10. The zero-order valence-corrected chi connectivity index (χ0v) is 24.3. The molecule has 0 spiro atoms. The van der Waals surface area contributed by atoms with E-state index in [2.05, 4.69) is 15.3 Å². The fourth-order valence-electron chi connectivity index (χ4n) is 3.99. The lowest BCUT2D eigenvalue weighted by atomic mass is 9.88. The molecule has 0 aliphatic heterocycles. The number of primary amides is 1. The number of pyridine rings is 1. The molecule has 0 bridgehead atoms. The van der Waals surface area contributed by atoms with Gasteiger partial charge in [-0.25, -0.2) is 9.78 Å². The zero-order valence-electron chi connectivity index (χ0n) is 22.8. The average molecular weight is 591 g/mol. The number of carbonyl (C=O) groups excluding carboxylic acids is 2. The van der Waals surface area contributed by atoms with Crippen molar-refractivity contribution in [3.63, 3.8) is 0 Å². The van der Waals surface area contributed by atoms with E-state index in [1.54, 1.807) is 25.3 Å². The quantitative estimate of drug-likeness (QED) is 0.263. The molecule has 0 unspecified atom stereocenters. The highest BCUT2D eigenvalue weighted by Gasteiger charge is 2.33. The fourth-order valence-corrected chi connectivity index (χ4v) is 4.49. The molecule has 1 saturated carbocycles. The molecule has 0 radical (unpaired) electrons. The van der Waals surface area contributed by atoms with E-state index < -0.39 is 18.1 Å². The second kappa shape index (κ2) is 12.3. The van der Waals surface area contributed by atoms with Gasteiger partial charge in [0.2, 0.25) is 5.89 Å². The van der Waals surface area contributed by atoms with Crippen molar-refractivity contribution in [1.82, 2.24) is 15.3 Å². The summed E-state index contributed by atoms with van der Waals surface area (Å²) < 4.78 is 23.0. The number of hydrogen-bond acceptors (Lipinski definition) is 8. The number of halogens is 2. The number of ether oxygens (including phenoxy) is 3. The van der Waals surface area contributed by atoms with E-state index in [0.717, 1.165) is 12.8 Å². The summed E-state index contributed by atoms with van der Waals surface area (Å²) in [5.41, 5.74) is 6.04. The van der Waals surface area contributed by atoms with Crippen LogP contribution >= 0.6 is 23.2 Å². The SMILES string of the molecule is COc1ccc(-c2nc(C(=O)NCc3c(Cl)cncc3Cl)c([C@H](CC(C)(C)C)OC(N)=O)o2)cc1OCC1CC1. The molecule has 2 amide bonds. The maximum absolute atomic E-state index is 13.5. The summed E-state index contributed by atoms with van der Waals surface area (Å²) >= 11 is 12.4. The number of nitrogens with two attached hydrogens (primary N) is 1. The third-order valence-corrected chi connectivity index (χ3v) is 6.83. The first-order valence-electron chi connectivity index (χ1n) is 12.8. The van der Waals surface area contributed by atoms with Crippen molar-refractivity contribution in [1.29, 1.82) is 0 Å². The Balaban J connectivity index is 1.72. The van der Waals surface area contributed by atoms with Crippen LogP contribution in [0.5, 0.6) is 11.5 Å². The molecule has 12 heteroatoms. The van der Waals surface area contributed by atoms with Crippen LogP contribution in [0.4, 0.5) is 4.79 Å². The molecule has 10 nitrogen and oxygen atoms in total. The van der Waals surface area contributed by atoms with Gasteiger partial charge in [-0.3, -0.25) is 9.78 Å². The number of nitrogens with one attached hydrogen (secondary N) is 1. The van der Waals surface area contributed by atoms with Crippen molar-refractivity contribution in [2.75, 3.05) is 13.7 Å². The van der Waals surface area contributed by atoms with Gasteiger partial charge in [-0.1, -0.05) is 44.0 Å². The van der Waals surface area contributed by atoms with Crippen LogP contribution < -0.4 is 20.5 Å². The average Bonchev–Trinajstić information content (AvgIpc) is 3.60. The smallest absolute Gasteiger partial charge is 0.405 e. The molecule has 1 aromatic carbocycles. The second-order valence-corrected chi connectivity index (χ2v) is 11.6. The lowest BCUT2D eigenvalue weighted by Crippen LogP contribution is -2.27. The van der Waals surface area contributed by atoms with Crippen molar-refractivity contribution in [3.05, 3.63) is 57.7 Å². The maximum atomic E-state index is 13.5. The number of benzene rings is 1. The Morgan fingerprint density at radius 3 is 2.48 bits per heavy atom. The molecule has 0 saturated heterocycles. The third kappa shape index (κ3) is 7.57. The van der Waals surface area contributed by atoms with Crippen LogP contribution in [0.2, 0.25) is 10.0 Å². The van der Waals surface area contributed by atoms with E-state index in [4.69, 9.17) is 47.6 Å². The minimum absolute atomic E-state index is 0.00293. The summed E-state index contributed by atoms with van der Waals surface area (Å²) in [6, 6.07) is 5.22. The van der Waals surface area contributed by atoms with Gasteiger partial charge in [0, 0.05) is 30.1 Å². The minimum atomic E-state index is -1.01. The molecule has 1 fully saturated rings. The molecular weight excluding hydrogens is 559 g/mol. The van der Waals surface area contributed by atoms with E-state index in [1.165, 1.54) is 12.4 Å². The zero-order chi connectivity index (χ0) is 29.0. The van der Waals surface area contributed by atoms with Crippen LogP contribution in [-0.4, -0.2) is 35.7 Å². The molecule has 40 heavy (non-hydrogen) atoms. The number of amides is 2. The number of rotatable bonds is 11. The molecule has 4 rings (SSSR count). The molecular formula is C28H32Cl2N4O6. The summed E-state index contributed by atoms with van der Waals surface area (Å²) in [5.74, 6) is 1.22. The molecule has 3 N–H and O–H groups in total. The van der Waals surface area contributed by atoms with Crippen LogP contribution in [0.25, 0.3) is 11.5 Å². The van der Waals surface area contributed by atoms with Crippen LogP contribution in [0.3, 0.4) is 0 Å². The van der Waals surface area contributed by atoms with E-state index in [9.17, 15) is 9.59 Å². The Hall–Kier alpha value is -3.50. The van der Waals surface area contributed by atoms with E-state index in [-0.39, 0.29) is 29.3 Å². The first-order valence-corrected chi connectivity index (χ1v) is 13.5. The molecule has 214 valence electrons. The summed E-state index contributed by atoms with van der Waals surface area (Å²) in [6.07, 6.45) is 3.46. The Bertz CT molecular complexity index is 1360. The van der Waals surface area contributed by atoms with Crippen molar-refractivity contribution < 1.29 is 28.2 Å². The Labute approximate surface area is 242 Å². The number of hydrogen-bond donors (Lipinski definition) is 2. The lowest BCUT2D eigenvalue weighted by molar-refractivity contribution is 0.0635. The largest absolute Gasteiger partial charge is 0.493 e. The van der Waals surface area contributed by atoms with Gasteiger partial charge in [0.1, 0.15) is 0 Å². The lowest BCUT2D eigenvalue weighted by Gasteiger charge is -2.24. The van der Waals surface area contributed by atoms with E-state index >= 15 is 0 Å². The number of nitrogens with zero attached hydrogens (tertiary/aromatic N) is 2. The minimum Gasteiger partial charge on any atom is -0.493 e. The predicted molar refractivity (Wildman–Crippen MR) is 150 cm³/mol.